The van der Waals surface area contributed by atoms with Gasteiger partial charge in [0.1, 0.15) is 6.54 Å². The second kappa shape index (κ2) is 6.59. The van der Waals surface area contributed by atoms with Crippen LogP contribution in [0.3, 0.4) is 0 Å². The molecule has 1 saturated heterocycles. The standard InChI is InChI=1S/C12H22N2O3/c1-4-17-11(15)8-14(7-9(2)3)12(16)10-5-13-6-10/h9-10,13H,4-8H2,1-3H3. The largest absolute Gasteiger partial charge is 0.465 e. The lowest BCUT2D eigenvalue weighted by Crippen LogP contribution is -2.53. The molecule has 0 bridgehead atoms. The molecule has 0 atom stereocenters. The zero-order valence-corrected chi connectivity index (χ0v) is 10.9. The first-order chi connectivity index (χ1) is 8.04. The normalized spacial score (nSPS) is 15.5. The number of ether oxygens (including phenoxy) is 1. The van der Waals surface area contributed by atoms with Gasteiger partial charge in [0, 0.05) is 19.6 Å². The fourth-order valence-electron chi connectivity index (χ4n) is 1.76. The number of nitrogens with one attached hydrogen (secondary N) is 1. The van der Waals surface area contributed by atoms with Gasteiger partial charge < -0.3 is 15.0 Å². The first kappa shape index (κ1) is 14.0. The molecular formula is C12H22N2O3. The Hall–Kier alpha value is -1.10. The molecule has 1 aliphatic heterocycles. The molecule has 0 radical (unpaired) electrons. The summed E-state index contributed by atoms with van der Waals surface area (Å²) in [7, 11) is 0. The number of carbonyl (C=O) groups is 2. The number of esters is 1. The Labute approximate surface area is 102 Å². The van der Waals surface area contributed by atoms with Crippen LogP contribution in [0.15, 0.2) is 0 Å². The molecule has 1 N–H and O–H groups in total. The highest BCUT2D eigenvalue weighted by Crippen LogP contribution is 2.10. The van der Waals surface area contributed by atoms with E-state index in [-0.39, 0.29) is 24.3 Å². The lowest BCUT2D eigenvalue weighted by atomic mass is 10.0. The van der Waals surface area contributed by atoms with Crippen molar-refractivity contribution >= 4 is 11.9 Å². The van der Waals surface area contributed by atoms with Crippen molar-refractivity contribution in [1.82, 2.24) is 10.2 Å². The summed E-state index contributed by atoms with van der Waals surface area (Å²) in [5, 5.41) is 3.07. The van der Waals surface area contributed by atoms with Crippen LogP contribution in [0.4, 0.5) is 0 Å². The van der Waals surface area contributed by atoms with E-state index in [4.69, 9.17) is 4.74 Å². The summed E-state index contributed by atoms with van der Waals surface area (Å²) in [6.45, 7) is 8.30. The van der Waals surface area contributed by atoms with E-state index < -0.39 is 0 Å². The van der Waals surface area contributed by atoms with Crippen LogP contribution in [0, 0.1) is 11.8 Å². The molecule has 1 rings (SSSR count). The molecule has 0 aromatic carbocycles. The summed E-state index contributed by atoms with van der Waals surface area (Å²) >= 11 is 0. The van der Waals surface area contributed by atoms with E-state index in [1.807, 2.05) is 13.8 Å². The lowest BCUT2D eigenvalue weighted by Gasteiger charge is -2.32. The fourth-order valence-corrected chi connectivity index (χ4v) is 1.76. The van der Waals surface area contributed by atoms with Crippen LogP contribution in [-0.2, 0) is 14.3 Å². The van der Waals surface area contributed by atoms with E-state index in [2.05, 4.69) is 5.32 Å². The zero-order valence-electron chi connectivity index (χ0n) is 10.9. The maximum atomic E-state index is 12.1. The molecule has 0 aromatic heterocycles. The maximum Gasteiger partial charge on any atom is 0.325 e. The summed E-state index contributed by atoms with van der Waals surface area (Å²) in [6.07, 6.45) is 0. The Balaban J connectivity index is 2.52. The van der Waals surface area contributed by atoms with Gasteiger partial charge in [0.2, 0.25) is 5.91 Å². The summed E-state index contributed by atoms with van der Waals surface area (Å²) < 4.78 is 4.89. The van der Waals surface area contributed by atoms with Gasteiger partial charge >= 0.3 is 5.97 Å². The summed E-state index contributed by atoms with van der Waals surface area (Å²) in [6, 6.07) is 0. The van der Waals surface area contributed by atoms with Gasteiger partial charge in [-0.25, -0.2) is 0 Å². The molecule has 1 heterocycles. The second-order valence-corrected chi connectivity index (χ2v) is 4.77. The molecule has 1 aliphatic rings. The molecule has 1 fully saturated rings. The Kier molecular flexibility index (Phi) is 5.41. The molecule has 5 heteroatoms. The number of nitrogens with zero attached hydrogens (tertiary/aromatic N) is 1. The smallest absolute Gasteiger partial charge is 0.325 e. The van der Waals surface area contributed by atoms with Gasteiger partial charge in [0.25, 0.3) is 0 Å². The highest BCUT2D eigenvalue weighted by molar-refractivity contribution is 5.84. The van der Waals surface area contributed by atoms with Crippen LogP contribution in [0.1, 0.15) is 20.8 Å². The molecule has 0 spiro atoms. The first-order valence-electron chi connectivity index (χ1n) is 6.19. The summed E-state index contributed by atoms with van der Waals surface area (Å²) in [5.41, 5.74) is 0. The van der Waals surface area contributed by atoms with Crippen molar-refractivity contribution in [3.63, 3.8) is 0 Å². The van der Waals surface area contributed by atoms with Crippen LogP contribution in [0.2, 0.25) is 0 Å². The third kappa shape index (κ3) is 4.34. The van der Waals surface area contributed by atoms with Crippen molar-refractivity contribution in [2.45, 2.75) is 20.8 Å². The number of hydrogen-bond donors (Lipinski definition) is 1. The summed E-state index contributed by atoms with van der Waals surface area (Å²) in [5.74, 6) is 0.115. The van der Waals surface area contributed by atoms with Gasteiger partial charge in [0.05, 0.1) is 12.5 Å². The molecule has 17 heavy (non-hydrogen) atoms. The highest BCUT2D eigenvalue weighted by Gasteiger charge is 2.30. The highest BCUT2D eigenvalue weighted by atomic mass is 16.5. The number of hydrogen-bond acceptors (Lipinski definition) is 4. The van der Waals surface area contributed by atoms with E-state index in [9.17, 15) is 9.59 Å². The van der Waals surface area contributed by atoms with Crippen molar-refractivity contribution in [3.05, 3.63) is 0 Å². The van der Waals surface area contributed by atoms with Gasteiger partial charge in [-0.1, -0.05) is 13.8 Å². The van der Waals surface area contributed by atoms with Crippen LogP contribution < -0.4 is 5.32 Å². The van der Waals surface area contributed by atoms with Crippen LogP contribution in [-0.4, -0.2) is 49.6 Å². The minimum atomic E-state index is -0.325. The van der Waals surface area contributed by atoms with Crippen LogP contribution in [0.5, 0.6) is 0 Å². The molecule has 0 saturated carbocycles. The molecule has 0 aromatic rings. The van der Waals surface area contributed by atoms with Crippen molar-refractivity contribution in [2.75, 3.05) is 32.8 Å². The predicted octanol–water partition coefficient (Wildman–Crippen LogP) is 0.254. The van der Waals surface area contributed by atoms with Gasteiger partial charge in [-0.05, 0) is 12.8 Å². The maximum absolute atomic E-state index is 12.1. The van der Waals surface area contributed by atoms with Gasteiger partial charge in [0.15, 0.2) is 0 Å². The van der Waals surface area contributed by atoms with E-state index in [1.54, 1.807) is 11.8 Å². The SMILES string of the molecule is CCOC(=O)CN(CC(C)C)C(=O)C1CNC1. The zero-order chi connectivity index (χ0) is 12.8. The first-order valence-corrected chi connectivity index (χ1v) is 6.19. The molecule has 0 aliphatic carbocycles. The van der Waals surface area contributed by atoms with Crippen molar-refractivity contribution in [3.8, 4) is 0 Å². The van der Waals surface area contributed by atoms with Gasteiger partial charge in [-0.3, -0.25) is 9.59 Å². The molecule has 1 amide bonds. The predicted molar refractivity (Wildman–Crippen MR) is 64.4 cm³/mol. The Morgan fingerprint density at radius 3 is 2.47 bits per heavy atom. The van der Waals surface area contributed by atoms with Crippen LogP contribution in [0.25, 0.3) is 0 Å². The van der Waals surface area contributed by atoms with Gasteiger partial charge in [-0.2, -0.15) is 0 Å². The van der Waals surface area contributed by atoms with Crippen molar-refractivity contribution in [2.24, 2.45) is 11.8 Å². The molecule has 5 nitrogen and oxygen atoms in total. The Morgan fingerprint density at radius 2 is 2.06 bits per heavy atom. The van der Waals surface area contributed by atoms with E-state index in [0.717, 1.165) is 13.1 Å². The fraction of sp³-hybridized carbons (Fsp3) is 0.833. The topological polar surface area (TPSA) is 58.6 Å². The quantitative estimate of drug-likeness (QED) is 0.678. The van der Waals surface area contributed by atoms with Crippen molar-refractivity contribution in [1.29, 1.82) is 0 Å². The third-order valence-electron chi connectivity index (χ3n) is 2.65. The van der Waals surface area contributed by atoms with E-state index >= 15 is 0 Å². The van der Waals surface area contributed by atoms with E-state index in [0.29, 0.717) is 19.1 Å². The number of rotatable bonds is 6. The minimum absolute atomic E-state index is 0.0307. The summed E-state index contributed by atoms with van der Waals surface area (Å²) in [4.78, 5) is 25.1. The monoisotopic (exact) mass is 242 g/mol. The van der Waals surface area contributed by atoms with Gasteiger partial charge in [-0.15, -0.1) is 0 Å². The number of amides is 1. The van der Waals surface area contributed by atoms with Crippen LogP contribution >= 0.6 is 0 Å². The van der Waals surface area contributed by atoms with E-state index in [1.165, 1.54) is 0 Å². The molecule has 0 unspecified atom stereocenters. The average Bonchev–Trinajstić information content (AvgIpc) is 2.13. The Bertz CT molecular complexity index is 275. The Morgan fingerprint density at radius 1 is 1.41 bits per heavy atom. The lowest BCUT2D eigenvalue weighted by molar-refractivity contribution is -0.151. The molecule has 98 valence electrons. The average molecular weight is 242 g/mol. The third-order valence-corrected chi connectivity index (χ3v) is 2.65. The molecular weight excluding hydrogens is 220 g/mol. The second-order valence-electron chi connectivity index (χ2n) is 4.77. The number of carbonyl (C=O) groups excluding carboxylic acids is 2. The van der Waals surface area contributed by atoms with Crippen molar-refractivity contribution < 1.29 is 14.3 Å². The minimum Gasteiger partial charge on any atom is -0.465 e.